The summed E-state index contributed by atoms with van der Waals surface area (Å²) in [5.74, 6) is -1.12. The summed E-state index contributed by atoms with van der Waals surface area (Å²) in [5.41, 5.74) is 11.9. The molecule has 0 aliphatic carbocycles. The molecule has 0 bridgehead atoms. The summed E-state index contributed by atoms with van der Waals surface area (Å²) in [5, 5.41) is 4.68. The Bertz CT molecular complexity index is 772. The zero-order valence-electron chi connectivity index (χ0n) is 13.7. The van der Waals surface area contributed by atoms with E-state index in [4.69, 9.17) is 11.5 Å². The first-order valence-electron chi connectivity index (χ1n) is 7.55. The van der Waals surface area contributed by atoms with Crippen LogP contribution in [-0.4, -0.2) is 33.4 Å². The lowest BCUT2D eigenvalue weighted by Crippen LogP contribution is -2.54. The van der Waals surface area contributed by atoms with Crippen molar-refractivity contribution in [2.24, 2.45) is 11.5 Å². The molecule has 9 heteroatoms. The minimum atomic E-state index is -1.55. The summed E-state index contributed by atoms with van der Waals surface area (Å²) in [7, 11) is 0. The molecule has 0 fully saturated rings. The Kier molecular flexibility index (Phi) is 5.72. The van der Waals surface area contributed by atoms with Gasteiger partial charge in [0.15, 0.2) is 6.04 Å². The average molecular weight is 344 g/mol. The van der Waals surface area contributed by atoms with Crippen molar-refractivity contribution in [1.29, 1.82) is 0 Å². The molecule has 1 aromatic heterocycles. The number of benzene rings is 1. The molecular weight excluding hydrogens is 324 g/mol. The molecule has 1 aromatic carbocycles. The van der Waals surface area contributed by atoms with Crippen LogP contribution >= 0.6 is 0 Å². The van der Waals surface area contributed by atoms with Crippen LogP contribution in [0.5, 0.6) is 0 Å². The third kappa shape index (κ3) is 5.06. The maximum absolute atomic E-state index is 11.8. The van der Waals surface area contributed by atoms with Crippen molar-refractivity contribution in [2.45, 2.75) is 26.1 Å². The van der Waals surface area contributed by atoms with Crippen molar-refractivity contribution in [3.63, 3.8) is 0 Å². The van der Waals surface area contributed by atoms with E-state index in [0.717, 1.165) is 17.0 Å². The third-order valence-electron chi connectivity index (χ3n) is 3.57. The van der Waals surface area contributed by atoms with Gasteiger partial charge >= 0.3 is 6.03 Å². The van der Waals surface area contributed by atoms with Crippen LogP contribution in [0.4, 0.5) is 4.79 Å². The molecule has 0 aliphatic heterocycles. The predicted molar refractivity (Wildman–Crippen MR) is 90.1 cm³/mol. The lowest BCUT2D eigenvalue weighted by Gasteiger charge is -2.13. The van der Waals surface area contributed by atoms with Gasteiger partial charge in [-0.25, -0.2) is 9.78 Å². The average Bonchev–Trinajstić information content (AvgIpc) is 2.95. The third-order valence-corrected chi connectivity index (χ3v) is 3.57. The van der Waals surface area contributed by atoms with E-state index in [1.165, 1.54) is 0 Å². The summed E-state index contributed by atoms with van der Waals surface area (Å²) in [6.45, 7) is 2.80. The van der Waals surface area contributed by atoms with E-state index < -0.39 is 23.9 Å². The largest absolute Gasteiger partial charge is 0.367 e. The smallest absolute Gasteiger partial charge is 0.316 e. The van der Waals surface area contributed by atoms with Crippen LogP contribution < -0.4 is 22.1 Å². The number of carbonyl (C=O) groups excluding carboxylic acids is 3. The van der Waals surface area contributed by atoms with Crippen LogP contribution in [0.2, 0.25) is 0 Å². The number of aromatic nitrogens is 2. The summed E-state index contributed by atoms with van der Waals surface area (Å²) >= 11 is 0. The number of hydrogen-bond acceptors (Lipinski definition) is 4. The van der Waals surface area contributed by atoms with E-state index >= 15 is 0 Å². The number of nitrogens with one attached hydrogen (secondary N) is 2. The Morgan fingerprint density at radius 3 is 2.48 bits per heavy atom. The summed E-state index contributed by atoms with van der Waals surface area (Å²) in [6, 6.07) is 5.39. The number of rotatable bonds is 7. The molecule has 4 amide bonds. The number of hydrogen-bond donors (Lipinski definition) is 4. The lowest BCUT2D eigenvalue weighted by atomic mass is 10.1. The van der Waals surface area contributed by atoms with Gasteiger partial charge in [-0.05, 0) is 18.1 Å². The van der Waals surface area contributed by atoms with Gasteiger partial charge in [-0.15, -0.1) is 0 Å². The number of nitrogens with two attached hydrogens (primary N) is 2. The second-order valence-electron chi connectivity index (χ2n) is 5.49. The zero-order chi connectivity index (χ0) is 18.4. The molecule has 0 saturated carbocycles. The molecule has 25 heavy (non-hydrogen) atoms. The zero-order valence-corrected chi connectivity index (χ0v) is 13.7. The van der Waals surface area contributed by atoms with Crippen molar-refractivity contribution in [2.75, 3.05) is 0 Å². The highest BCUT2D eigenvalue weighted by atomic mass is 16.2. The first kappa shape index (κ1) is 18.0. The molecule has 1 heterocycles. The number of aryl methyl sites for hydroxylation is 1. The van der Waals surface area contributed by atoms with Gasteiger partial charge in [0, 0.05) is 25.5 Å². The molecule has 0 spiro atoms. The molecule has 0 aliphatic rings. The topological polar surface area (TPSA) is 145 Å². The Hall–Kier alpha value is -3.36. The Balaban J connectivity index is 1.93. The van der Waals surface area contributed by atoms with Crippen molar-refractivity contribution in [3.05, 3.63) is 53.6 Å². The predicted octanol–water partition coefficient (Wildman–Crippen LogP) is -0.622. The molecule has 2 rings (SSSR count). The first-order chi connectivity index (χ1) is 11.9. The molecule has 0 atom stereocenters. The fourth-order valence-electron chi connectivity index (χ4n) is 2.25. The molecule has 9 nitrogen and oxygen atoms in total. The summed E-state index contributed by atoms with van der Waals surface area (Å²) < 4.78 is 2.00. The van der Waals surface area contributed by atoms with Gasteiger partial charge in [0.1, 0.15) is 5.82 Å². The van der Waals surface area contributed by atoms with Crippen LogP contribution in [0.25, 0.3) is 0 Å². The van der Waals surface area contributed by atoms with Crippen LogP contribution in [0, 0.1) is 6.92 Å². The number of carbonyl (C=O) groups is 3. The summed E-state index contributed by atoms with van der Waals surface area (Å²) in [4.78, 5) is 38.0. The molecule has 0 radical (unpaired) electrons. The van der Waals surface area contributed by atoms with Crippen LogP contribution in [0.15, 0.2) is 36.7 Å². The molecular formula is C16H20N6O3. The molecule has 2 aromatic rings. The number of urea groups is 1. The van der Waals surface area contributed by atoms with Gasteiger partial charge in [-0.3, -0.25) is 9.59 Å². The lowest BCUT2D eigenvalue weighted by molar-refractivity contribution is -0.128. The van der Waals surface area contributed by atoms with E-state index in [0.29, 0.717) is 6.54 Å². The van der Waals surface area contributed by atoms with Gasteiger partial charge in [0.2, 0.25) is 11.8 Å². The van der Waals surface area contributed by atoms with Crippen LogP contribution in [0.3, 0.4) is 0 Å². The fraction of sp³-hybridized carbons (Fsp3) is 0.250. The highest BCUT2D eigenvalue weighted by Gasteiger charge is 2.23. The van der Waals surface area contributed by atoms with Gasteiger partial charge in [0.25, 0.3) is 0 Å². The first-order valence-corrected chi connectivity index (χ1v) is 7.55. The van der Waals surface area contributed by atoms with E-state index in [2.05, 4.69) is 15.6 Å². The molecule has 6 N–H and O–H groups in total. The van der Waals surface area contributed by atoms with Crippen molar-refractivity contribution < 1.29 is 14.4 Å². The molecule has 0 unspecified atom stereocenters. The van der Waals surface area contributed by atoms with E-state index in [9.17, 15) is 14.4 Å². The van der Waals surface area contributed by atoms with Gasteiger partial charge in [-0.2, -0.15) is 0 Å². The fourth-order valence-corrected chi connectivity index (χ4v) is 2.25. The number of amides is 4. The van der Waals surface area contributed by atoms with Crippen molar-refractivity contribution in [1.82, 2.24) is 20.2 Å². The monoisotopic (exact) mass is 344 g/mol. The molecule has 132 valence electrons. The van der Waals surface area contributed by atoms with E-state index in [-0.39, 0.29) is 6.54 Å². The van der Waals surface area contributed by atoms with Crippen LogP contribution in [-0.2, 0) is 22.7 Å². The Morgan fingerprint density at radius 1 is 1.20 bits per heavy atom. The second kappa shape index (κ2) is 7.95. The Morgan fingerprint density at radius 2 is 1.88 bits per heavy atom. The molecule has 0 saturated heterocycles. The van der Waals surface area contributed by atoms with E-state index in [1.54, 1.807) is 6.20 Å². The summed E-state index contributed by atoms with van der Waals surface area (Å²) in [6.07, 6.45) is 3.63. The quantitative estimate of drug-likeness (QED) is 0.496. The van der Waals surface area contributed by atoms with Crippen LogP contribution in [0.1, 0.15) is 17.0 Å². The minimum absolute atomic E-state index is 0.215. The standard InChI is InChI=1S/C16H20N6O3/c1-10-19-5-6-22(10)9-12-4-2-3-11(7-12)8-20-16(25)21-13(14(17)23)15(18)24/h2-7,13H,8-9H2,1H3,(H2,17,23)(H2,18,24)(H2,20,21,25). The second-order valence-corrected chi connectivity index (χ2v) is 5.49. The van der Waals surface area contributed by atoms with Crippen molar-refractivity contribution >= 4 is 17.8 Å². The highest BCUT2D eigenvalue weighted by Crippen LogP contribution is 2.08. The van der Waals surface area contributed by atoms with Gasteiger partial charge < -0.3 is 26.7 Å². The maximum atomic E-state index is 11.8. The minimum Gasteiger partial charge on any atom is -0.367 e. The number of primary amides is 2. The number of nitrogens with zero attached hydrogens (tertiary/aromatic N) is 2. The SMILES string of the molecule is Cc1nccn1Cc1cccc(CNC(=O)NC(C(N)=O)C(N)=O)c1. The van der Waals surface area contributed by atoms with E-state index in [1.807, 2.05) is 42.0 Å². The van der Waals surface area contributed by atoms with Gasteiger partial charge in [-0.1, -0.05) is 24.3 Å². The van der Waals surface area contributed by atoms with Crippen molar-refractivity contribution in [3.8, 4) is 0 Å². The highest BCUT2D eigenvalue weighted by molar-refractivity contribution is 6.05. The maximum Gasteiger partial charge on any atom is 0.316 e. The number of imidazole rings is 1. The van der Waals surface area contributed by atoms with Gasteiger partial charge in [0.05, 0.1) is 0 Å². The normalized spacial score (nSPS) is 10.5. The Labute approximate surface area is 144 Å².